The van der Waals surface area contributed by atoms with Crippen LogP contribution in [0.3, 0.4) is 0 Å². The second kappa shape index (κ2) is 7.51. The largest absolute Gasteiger partial charge is 0.276 e. The highest BCUT2D eigenvalue weighted by atomic mass is 32.1. The summed E-state index contributed by atoms with van der Waals surface area (Å²) >= 11 is 1.57. The van der Waals surface area contributed by atoms with Gasteiger partial charge in [0.05, 0.1) is 22.5 Å². The maximum Gasteiger partial charge on any atom is 0.151 e. The van der Waals surface area contributed by atoms with Crippen LogP contribution >= 0.6 is 11.3 Å². The number of para-hydroxylation sites is 1. The van der Waals surface area contributed by atoms with E-state index >= 15 is 0 Å². The number of anilines is 1. The Kier molecular flexibility index (Phi) is 4.76. The molecule has 0 aliphatic carbocycles. The fourth-order valence-electron chi connectivity index (χ4n) is 2.55. The topological polar surface area (TPSA) is 42.2 Å². The Morgan fingerprint density at radius 3 is 2.63 bits per heavy atom. The first kappa shape index (κ1) is 17.1. The SMILES string of the molecule is Fc1ccc(NN=Cc2cn(-c3ccccc3)nc2-c2cccs2)c(F)c1. The molecule has 0 amide bonds. The molecule has 0 spiro atoms. The number of thiophene rings is 1. The van der Waals surface area contributed by atoms with Crippen LogP contribution in [-0.4, -0.2) is 16.0 Å². The Morgan fingerprint density at radius 2 is 1.89 bits per heavy atom. The number of hydrazone groups is 1. The van der Waals surface area contributed by atoms with Crippen LogP contribution in [0, 0.1) is 11.6 Å². The molecule has 0 unspecified atom stereocenters. The van der Waals surface area contributed by atoms with Crippen molar-refractivity contribution < 1.29 is 8.78 Å². The highest BCUT2D eigenvalue weighted by Crippen LogP contribution is 2.27. The highest BCUT2D eigenvalue weighted by Gasteiger charge is 2.12. The number of nitrogens with zero attached hydrogens (tertiary/aromatic N) is 3. The van der Waals surface area contributed by atoms with Crippen molar-refractivity contribution in [1.82, 2.24) is 9.78 Å². The molecule has 0 aliphatic rings. The molecular weight excluding hydrogens is 366 g/mol. The van der Waals surface area contributed by atoms with Crippen LogP contribution in [0.25, 0.3) is 16.3 Å². The summed E-state index contributed by atoms with van der Waals surface area (Å²) in [5.41, 5.74) is 5.18. The summed E-state index contributed by atoms with van der Waals surface area (Å²) in [6.45, 7) is 0. The summed E-state index contributed by atoms with van der Waals surface area (Å²) in [4.78, 5) is 0.999. The van der Waals surface area contributed by atoms with Gasteiger partial charge in [-0.3, -0.25) is 5.43 Å². The second-order valence-corrected chi connectivity index (χ2v) is 6.63. The first-order valence-electron chi connectivity index (χ1n) is 8.14. The third-order valence-corrected chi connectivity index (χ3v) is 4.71. The van der Waals surface area contributed by atoms with Crippen molar-refractivity contribution in [3.05, 3.63) is 89.4 Å². The van der Waals surface area contributed by atoms with E-state index in [0.29, 0.717) is 0 Å². The van der Waals surface area contributed by atoms with E-state index in [4.69, 9.17) is 0 Å². The number of aromatic nitrogens is 2. The number of nitrogens with one attached hydrogen (secondary N) is 1. The minimum atomic E-state index is -0.703. The van der Waals surface area contributed by atoms with Gasteiger partial charge in [0.1, 0.15) is 11.5 Å². The summed E-state index contributed by atoms with van der Waals surface area (Å²) < 4.78 is 28.5. The Bertz CT molecular complexity index is 1070. The predicted octanol–water partition coefficient (Wildman–Crippen LogP) is 5.33. The first-order valence-corrected chi connectivity index (χ1v) is 9.02. The number of hydrogen-bond acceptors (Lipinski definition) is 4. The zero-order chi connectivity index (χ0) is 18.6. The van der Waals surface area contributed by atoms with E-state index in [1.807, 2.05) is 54.0 Å². The van der Waals surface area contributed by atoms with E-state index in [2.05, 4.69) is 15.6 Å². The van der Waals surface area contributed by atoms with Crippen molar-refractivity contribution in [3.63, 3.8) is 0 Å². The lowest BCUT2D eigenvalue weighted by Gasteiger charge is -2.01. The molecule has 0 atom stereocenters. The van der Waals surface area contributed by atoms with Crippen LogP contribution in [0.2, 0.25) is 0 Å². The number of benzene rings is 2. The van der Waals surface area contributed by atoms with Gasteiger partial charge in [-0.15, -0.1) is 11.3 Å². The molecule has 4 aromatic rings. The fraction of sp³-hybridized carbons (Fsp3) is 0. The molecule has 4 nitrogen and oxygen atoms in total. The van der Waals surface area contributed by atoms with Crippen molar-refractivity contribution >= 4 is 23.2 Å². The molecule has 0 aliphatic heterocycles. The average molecular weight is 380 g/mol. The molecule has 1 N–H and O–H groups in total. The minimum absolute atomic E-state index is 0.0979. The molecule has 27 heavy (non-hydrogen) atoms. The van der Waals surface area contributed by atoms with Gasteiger partial charge in [-0.2, -0.15) is 10.2 Å². The van der Waals surface area contributed by atoms with Crippen molar-refractivity contribution in [3.8, 4) is 16.3 Å². The van der Waals surface area contributed by atoms with Crippen LogP contribution in [-0.2, 0) is 0 Å². The van der Waals surface area contributed by atoms with Gasteiger partial charge in [0, 0.05) is 17.8 Å². The molecule has 2 aromatic heterocycles. The van der Waals surface area contributed by atoms with E-state index in [0.717, 1.165) is 27.9 Å². The van der Waals surface area contributed by atoms with E-state index in [1.54, 1.807) is 22.2 Å². The van der Waals surface area contributed by atoms with E-state index in [-0.39, 0.29) is 5.69 Å². The van der Waals surface area contributed by atoms with Crippen LogP contribution in [0.1, 0.15) is 5.56 Å². The second-order valence-electron chi connectivity index (χ2n) is 5.68. The molecule has 0 saturated heterocycles. The van der Waals surface area contributed by atoms with E-state index in [1.165, 1.54) is 12.1 Å². The summed E-state index contributed by atoms with van der Waals surface area (Å²) in [5.74, 6) is -1.34. The smallest absolute Gasteiger partial charge is 0.151 e. The number of rotatable bonds is 5. The Hall–Kier alpha value is -3.32. The maximum absolute atomic E-state index is 13.7. The lowest BCUT2D eigenvalue weighted by Crippen LogP contribution is -1.94. The lowest BCUT2D eigenvalue weighted by atomic mass is 10.2. The van der Waals surface area contributed by atoms with Crippen molar-refractivity contribution in [2.75, 3.05) is 5.43 Å². The van der Waals surface area contributed by atoms with Crippen LogP contribution in [0.5, 0.6) is 0 Å². The number of hydrogen-bond donors (Lipinski definition) is 1. The lowest BCUT2D eigenvalue weighted by molar-refractivity contribution is 0.585. The maximum atomic E-state index is 13.7. The van der Waals surface area contributed by atoms with Crippen molar-refractivity contribution in [2.24, 2.45) is 5.10 Å². The van der Waals surface area contributed by atoms with Gasteiger partial charge in [0.15, 0.2) is 5.82 Å². The molecule has 134 valence electrons. The molecule has 2 heterocycles. The van der Waals surface area contributed by atoms with Gasteiger partial charge in [-0.25, -0.2) is 13.5 Å². The van der Waals surface area contributed by atoms with Crippen LogP contribution < -0.4 is 5.43 Å². The predicted molar refractivity (Wildman–Crippen MR) is 104 cm³/mol. The monoisotopic (exact) mass is 380 g/mol. The Morgan fingerprint density at radius 1 is 1.04 bits per heavy atom. The normalized spacial score (nSPS) is 11.2. The van der Waals surface area contributed by atoms with E-state index < -0.39 is 11.6 Å². The Labute approximate surface area is 158 Å². The minimum Gasteiger partial charge on any atom is -0.276 e. The average Bonchev–Trinajstić information content (AvgIpc) is 3.34. The van der Waals surface area contributed by atoms with Crippen molar-refractivity contribution in [2.45, 2.75) is 0 Å². The van der Waals surface area contributed by atoms with Gasteiger partial charge in [0.25, 0.3) is 0 Å². The van der Waals surface area contributed by atoms with Crippen LogP contribution in [0.15, 0.2) is 77.3 Å². The summed E-state index contributed by atoms with van der Waals surface area (Å²) in [6.07, 6.45) is 3.43. The third kappa shape index (κ3) is 3.78. The molecule has 0 saturated carbocycles. The highest BCUT2D eigenvalue weighted by molar-refractivity contribution is 7.13. The number of halogens is 2. The van der Waals surface area contributed by atoms with E-state index in [9.17, 15) is 8.78 Å². The summed E-state index contributed by atoms with van der Waals surface area (Å²) in [7, 11) is 0. The summed E-state index contributed by atoms with van der Waals surface area (Å²) in [5, 5.41) is 10.7. The van der Waals surface area contributed by atoms with Gasteiger partial charge < -0.3 is 0 Å². The Balaban J connectivity index is 1.65. The third-order valence-electron chi connectivity index (χ3n) is 3.84. The zero-order valence-electron chi connectivity index (χ0n) is 14.0. The van der Waals surface area contributed by atoms with Gasteiger partial charge >= 0.3 is 0 Å². The van der Waals surface area contributed by atoms with Gasteiger partial charge in [-0.05, 0) is 35.7 Å². The first-order chi connectivity index (χ1) is 13.2. The summed E-state index contributed by atoms with van der Waals surface area (Å²) in [6, 6.07) is 16.9. The standard InChI is InChI=1S/C20H14F2N4S/c21-15-8-9-18(17(22)11-15)24-23-12-14-13-26(16-5-2-1-3-6-16)25-20(14)19-7-4-10-27-19/h1-13,24H. The molecule has 7 heteroatoms. The van der Waals surface area contributed by atoms with Crippen molar-refractivity contribution in [1.29, 1.82) is 0 Å². The van der Waals surface area contributed by atoms with Gasteiger partial charge in [-0.1, -0.05) is 24.3 Å². The molecule has 4 rings (SSSR count). The molecular formula is C20H14F2N4S. The fourth-order valence-corrected chi connectivity index (χ4v) is 3.28. The molecule has 0 fully saturated rings. The molecule has 2 aromatic carbocycles. The molecule has 0 bridgehead atoms. The quantitative estimate of drug-likeness (QED) is 0.376. The van der Waals surface area contributed by atoms with Crippen LogP contribution in [0.4, 0.5) is 14.5 Å². The van der Waals surface area contributed by atoms with Gasteiger partial charge in [0.2, 0.25) is 0 Å². The zero-order valence-corrected chi connectivity index (χ0v) is 14.8. The molecule has 0 radical (unpaired) electrons.